The van der Waals surface area contributed by atoms with Crippen LogP contribution in [0.5, 0.6) is 11.5 Å². The van der Waals surface area contributed by atoms with Crippen LogP contribution in [0.2, 0.25) is 5.02 Å². The van der Waals surface area contributed by atoms with E-state index in [1.54, 1.807) is 0 Å². The van der Waals surface area contributed by atoms with Crippen LogP contribution < -0.4 is 9.47 Å². The zero-order valence-corrected chi connectivity index (χ0v) is 18.4. The number of carbonyl (C=O) groups excluding carboxylic acids is 1. The molecule has 0 atom stereocenters. The highest BCUT2D eigenvalue weighted by atomic mass is 79.9. The third-order valence-corrected chi connectivity index (χ3v) is 5.29. The van der Waals surface area contributed by atoms with Crippen LogP contribution in [0.15, 0.2) is 32.5 Å². The largest absolute Gasteiger partial charge is 0.493 e. The summed E-state index contributed by atoms with van der Waals surface area (Å²) in [5.41, 5.74) is 0.222. The van der Waals surface area contributed by atoms with Crippen molar-refractivity contribution in [3.05, 3.63) is 44.5 Å². The van der Waals surface area contributed by atoms with E-state index in [1.807, 2.05) is 26.0 Å². The molecule has 7 nitrogen and oxygen atoms in total. The van der Waals surface area contributed by atoms with Gasteiger partial charge < -0.3 is 18.6 Å². The van der Waals surface area contributed by atoms with Crippen molar-refractivity contribution in [2.24, 2.45) is 0 Å². The van der Waals surface area contributed by atoms with Crippen LogP contribution in [-0.4, -0.2) is 29.4 Å². The summed E-state index contributed by atoms with van der Waals surface area (Å²) < 4.78 is 22.6. The molecule has 2 heterocycles. The van der Waals surface area contributed by atoms with Crippen molar-refractivity contribution < 1.29 is 23.4 Å². The first-order chi connectivity index (χ1) is 13.4. The fourth-order valence-electron chi connectivity index (χ4n) is 2.24. The van der Waals surface area contributed by atoms with E-state index in [-0.39, 0.29) is 29.2 Å². The normalized spacial score (nSPS) is 10.9. The number of carbonyl (C=O) groups is 1. The van der Waals surface area contributed by atoms with Crippen LogP contribution in [0.25, 0.3) is 10.8 Å². The summed E-state index contributed by atoms with van der Waals surface area (Å²) in [4.78, 5) is 13.2. The van der Waals surface area contributed by atoms with Crippen molar-refractivity contribution in [3.8, 4) is 22.3 Å². The number of rotatable bonds is 7. The molecular weight excluding hydrogens is 472 g/mol. The fraction of sp³-hybridized carbons (Fsp3) is 0.278. The topological polar surface area (TPSA) is 83.7 Å². The second kappa shape index (κ2) is 8.93. The van der Waals surface area contributed by atoms with Gasteiger partial charge >= 0.3 is 5.97 Å². The third kappa shape index (κ3) is 4.84. The smallest absolute Gasteiger partial charge is 0.338 e. The molecule has 0 aliphatic carbocycles. The van der Waals surface area contributed by atoms with Gasteiger partial charge in [-0.3, -0.25) is 0 Å². The molecule has 0 unspecified atom stereocenters. The van der Waals surface area contributed by atoms with Gasteiger partial charge in [0.05, 0.1) is 32.5 Å². The van der Waals surface area contributed by atoms with E-state index in [2.05, 4.69) is 26.1 Å². The number of benzene rings is 1. The van der Waals surface area contributed by atoms with E-state index in [0.717, 1.165) is 8.66 Å². The lowest BCUT2D eigenvalue weighted by Crippen LogP contribution is -2.09. The van der Waals surface area contributed by atoms with Crippen molar-refractivity contribution >= 4 is 44.8 Å². The average Bonchev–Trinajstić information content (AvgIpc) is 3.29. The lowest BCUT2D eigenvalue weighted by atomic mass is 10.2. The molecular formula is C18H16BrClN2O5S. The van der Waals surface area contributed by atoms with E-state index in [4.69, 9.17) is 30.2 Å². The van der Waals surface area contributed by atoms with Crippen molar-refractivity contribution in [2.45, 2.75) is 26.6 Å². The maximum absolute atomic E-state index is 12.4. The van der Waals surface area contributed by atoms with Crippen molar-refractivity contribution in [1.82, 2.24) is 10.2 Å². The first-order valence-electron chi connectivity index (χ1n) is 8.16. The summed E-state index contributed by atoms with van der Waals surface area (Å²) in [6, 6.07) is 6.71. The quantitative estimate of drug-likeness (QED) is 0.414. The highest BCUT2D eigenvalue weighted by molar-refractivity contribution is 9.11. The number of methoxy groups -OCH3 is 1. The van der Waals surface area contributed by atoms with Gasteiger partial charge in [-0.2, -0.15) is 0 Å². The van der Waals surface area contributed by atoms with Crippen LogP contribution in [0, 0.1) is 0 Å². The molecule has 0 aliphatic heterocycles. The third-order valence-electron chi connectivity index (χ3n) is 3.40. The second-order valence-corrected chi connectivity index (χ2v) is 8.71. The van der Waals surface area contributed by atoms with Crippen LogP contribution in [0.4, 0.5) is 0 Å². The van der Waals surface area contributed by atoms with Crippen LogP contribution in [0.1, 0.15) is 30.1 Å². The minimum absolute atomic E-state index is 0.0973. The molecule has 3 aromatic rings. The number of hydrogen-bond acceptors (Lipinski definition) is 8. The number of halogens is 2. The molecule has 0 saturated heterocycles. The molecule has 0 N–H and O–H groups in total. The van der Waals surface area contributed by atoms with Crippen molar-refractivity contribution in [1.29, 1.82) is 0 Å². The predicted molar refractivity (Wildman–Crippen MR) is 108 cm³/mol. The molecule has 2 aromatic heterocycles. The molecule has 0 saturated carbocycles. The zero-order valence-electron chi connectivity index (χ0n) is 15.2. The average molecular weight is 488 g/mol. The van der Waals surface area contributed by atoms with Crippen molar-refractivity contribution in [2.75, 3.05) is 7.11 Å². The van der Waals surface area contributed by atoms with Gasteiger partial charge in [-0.15, -0.1) is 21.5 Å². The first kappa shape index (κ1) is 20.6. The number of esters is 1. The summed E-state index contributed by atoms with van der Waals surface area (Å²) in [6.07, 6.45) is -0.0973. The van der Waals surface area contributed by atoms with Gasteiger partial charge in [-0.05, 0) is 54.0 Å². The van der Waals surface area contributed by atoms with E-state index in [0.29, 0.717) is 17.4 Å². The number of nitrogens with zero attached hydrogens (tertiary/aromatic N) is 2. The predicted octanol–water partition coefficient (Wildman–Crippen LogP) is 5.37. The molecule has 28 heavy (non-hydrogen) atoms. The molecule has 0 amide bonds. The zero-order chi connectivity index (χ0) is 20.3. The summed E-state index contributed by atoms with van der Waals surface area (Å²) >= 11 is 11.1. The number of ether oxygens (including phenoxy) is 3. The SMILES string of the molecule is COc1cc(C(=O)OCc2nnc(-c3ccc(Br)s3)o2)cc(Cl)c1OC(C)C. The highest BCUT2D eigenvalue weighted by Crippen LogP contribution is 2.37. The molecule has 148 valence electrons. The Labute approximate surface area is 178 Å². The number of aromatic nitrogens is 2. The van der Waals surface area contributed by atoms with Gasteiger partial charge in [-0.1, -0.05) is 11.6 Å². The van der Waals surface area contributed by atoms with E-state index < -0.39 is 5.97 Å². The van der Waals surface area contributed by atoms with Crippen LogP contribution in [0.3, 0.4) is 0 Å². The standard InChI is InChI=1S/C18H16BrClN2O5S/c1-9(2)26-16-11(20)6-10(7-12(16)24-3)18(23)25-8-15-21-22-17(27-15)13-4-5-14(19)28-13/h4-7,9H,8H2,1-3H3. The lowest BCUT2D eigenvalue weighted by Gasteiger charge is -2.16. The Morgan fingerprint density at radius 3 is 2.75 bits per heavy atom. The molecule has 1 aromatic carbocycles. The summed E-state index contributed by atoms with van der Waals surface area (Å²) in [7, 11) is 1.47. The van der Waals surface area contributed by atoms with Gasteiger partial charge in [0, 0.05) is 0 Å². The van der Waals surface area contributed by atoms with Gasteiger partial charge in [-0.25, -0.2) is 4.79 Å². The highest BCUT2D eigenvalue weighted by Gasteiger charge is 2.19. The van der Waals surface area contributed by atoms with Crippen LogP contribution in [-0.2, 0) is 11.3 Å². The molecule has 0 bridgehead atoms. The van der Waals surface area contributed by atoms with E-state index in [1.165, 1.54) is 30.6 Å². The summed E-state index contributed by atoms with van der Waals surface area (Å²) in [5, 5.41) is 8.10. The summed E-state index contributed by atoms with van der Waals surface area (Å²) in [5.74, 6) is 0.665. The fourth-order valence-corrected chi connectivity index (χ4v) is 3.80. The Hall–Kier alpha value is -2.10. The summed E-state index contributed by atoms with van der Waals surface area (Å²) in [6.45, 7) is 3.57. The Morgan fingerprint density at radius 1 is 1.32 bits per heavy atom. The molecule has 0 fully saturated rings. The minimum atomic E-state index is -0.602. The molecule has 0 radical (unpaired) electrons. The van der Waals surface area contributed by atoms with Gasteiger partial charge in [0.2, 0.25) is 0 Å². The molecule has 0 spiro atoms. The monoisotopic (exact) mass is 486 g/mol. The first-order valence-corrected chi connectivity index (χ1v) is 10.2. The second-order valence-electron chi connectivity index (χ2n) is 5.84. The number of hydrogen-bond donors (Lipinski definition) is 0. The Kier molecular flexibility index (Phi) is 6.58. The van der Waals surface area contributed by atoms with E-state index >= 15 is 0 Å². The Balaban J connectivity index is 1.70. The molecule has 3 rings (SSSR count). The van der Waals surface area contributed by atoms with Gasteiger partial charge in [0.1, 0.15) is 0 Å². The van der Waals surface area contributed by atoms with E-state index in [9.17, 15) is 4.79 Å². The Morgan fingerprint density at radius 2 is 2.11 bits per heavy atom. The number of thiophene rings is 1. The maximum atomic E-state index is 12.4. The van der Waals surface area contributed by atoms with Crippen molar-refractivity contribution in [3.63, 3.8) is 0 Å². The Bertz CT molecular complexity index is 988. The minimum Gasteiger partial charge on any atom is -0.493 e. The van der Waals surface area contributed by atoms with Gasteiger partial charge in [0.15, 0.2) is 18.1 Å². The maximum Gasteiger partial charge on any atom is 0.338 e. The molecule has 10 heteroatoms. The van der Waals surface area contributed by atoms with Gasteiger partial charge in [0.25, 0.3) is 11.8 Å². The molecule has 0 aliphatic rings. The lowest BCUT2D eigenvalue weighted by molar-refractivity contribution is 0.0438. The van der Waals surface area contributed by atoms with Crippen LogP contribution >= 0.6 is 38.9 Å².